The zero-order chi connectivity index (χ0) is 9.10. The molecule has 1 aromatic rings. The molecule has 1 heteroatoms. The molecule has 0 unspecified atom stereocenters. The van der Waals surface area contributed by atoms with E-state index in [1.54, 1.807) is 0 Å². The molecular weight excluding hydrogens is 160 g/mol. The Morgan fingerprint density at radius 1 is 1.08 bits per heavy atom. The van der Waals surface area contributed by atoms with Gasteiger partial charge in [0.05, 0.1) is 0 Å². The second kappa shape index (κ2) is 3.82. The first kappa shape index (κ1) is 8.61. The van der Waals surface area contributed by atoms with Crippen LogP contribution in [0.2, 0.25) is 0 Å². The van der Waals surface area contributed by atoms with Crippen LogP contribution in [0.15, 0.2) is 24.3 Å². The first-order chi connectivity index (χ1) is 6.40. The first-order valence-electron chi connectivity index (χ1n) is 4.92. The maximum Gasteiger partial charge on any atom is 0.122 e. The number of hydrogen-bond donors (Lipinski definition) is 0. The summed E-state index contributed by atoms with van der Waals surface area (Å²) in [5.41, 5.74) is 1.46. The molecule has 1 aromatic carbocycles. The predicted molar refractivity (Wildman–Crippen MR) is 53.6 cm³/mol. The minimum atomic E-state index is 0.791. The van der Waals surface area contributed by atoms with Gasteiger partial charge in [-0.1, -0.05) is 25.0 Å². The first-order valence-corrected chi connectivity index (χ1v) is 4.92. The van der Waals surface area contributed by atoms with Gasteiger partial charge in [-0.15, -0.1) is 0 Å². The van der Waals surface area contributed by atoms with Crippen molar-refractivity contribution in [2.75, 3.05) is 0 Å². The van der Waals surface area contributed by atoms with E-state index in [0.29, 0.717) is 0 Å². The Kier molecular flexibility index (Phi) is 2.53. The average molecular weight is 175 g/mol. The third-order valence-electron chi connectivity index (χ3n) is 2.87. The van der Waals surface area contributed by atoms with Crippen LogP contribution >= 0.6 is 0 Å². The van der Waals surface area contributed by atoms with Gasteiger partial charge in [0.1, 0.15) is 12.9 Å². The second-order valence-corrected chi connectivity index (χ2v) is 3.69. The molecule has 0 heterocycles. The van der Waals surface area contributed by atoms with Crippen LogP contribution in [-0.2, 0) is 0 Å². The van der Waals surface area contributed by atoms with Crippen molar-refractivity contribution in [1.29, 1.82) is 0 Å². The topological polar surface area (TPSA) is 9.23 Å². The van der Waals surface area contributed by atoms with Gasteiger partial charge < -0.3 is 4.74 Å². The molecule has 1 aliphatic rings. The number of rotatable bonds is 2. The van der Waals surface area contributed by atoms with Crippen molar-refractivity contribution < 1.29 is 4.74 Å². The van der Waals surface area contributed by atoms with E-state index in [-0.39, 0.29) is 0 Å². The van der Waals surface area contributed by atoms with E-state index in [1.807, 2.05) is 12.1 Å². The standard InChI is InChI=1S/C12H15O/c1-13-12-8-6-11(7-9-12)10-4-2-3-5-10/h6-10H,1-5H2. The summed E-state index contributed by atoms with van der Waals surface area (Å²) in [6, 6.07) is 8.33. The zero-order valence-corrected chi connectivity index (χ0v) is 7.83. The minimum absolute atomic E-state index is 0.791. The normalized spacial score (nSPS) is 17.6. The van der Waals surface area contributed by atoms with Gasteiger partial charge in [-0.05, 0) is 36.5 Å². The Balaban J connectivity index is 2.12. The van der Waals surface area contributed by atoms with Crippen LogP contribution in [-0.4, -0.2) is 0 Å². The fraction of sp³-hybridized carbons (Fsp3) is 0.417. The lowest BCUT2D eigenvalue weighted by Crippen LogP contribution is -1.91. The fourth-order valence-electron chi connectivity index (χ4n) is 2.10. The molecule has 0 bridgehead atoms. The van der Waals surface area contributed by atoms with Gasteiger partial charge in [0, 0.05) is 0 Å². The lowest BCUT2D eigenvalue weighted by molar-refractivity contribution is 0.472. The zero-order valence-electron chi connectivity index (χ0n) is 7.83. The molecule has 0 amide bonds. The Morgan fingerprint density at radius 2 is 1.69 bits per heavy atom. The van der Waals surface area contributed by atoms with Gasteiger partial charge >= 0.3 is 0 Å². The number of hydrogen-bond acceptors (Lipinski definition) is 1. The van der Waals surface area contributed by atoms with Crippen molar-refractivity contribution in [3.8, 4) is 5.75 Å². The van der Waals surface area contributed by atoms with Gasteiger partial charge in [0.2, 0.25) is 0 Å². The molecule has 0 aliphatic heterocycles. The Bertz CT molecular complexity index is 257. The lowest BCUT2D eigenvalue weighted by atomic mass is 9.98. The molecule has 1 saturated carbocycles. The molecule has 1 nitrogen and oxygen atoms in total. The van der Waals surface area contributed by atoms with Crippen LogP contribution in [0, 0.1) is 7.11 Å². The molecule has 0 saturated heterocycles. The Hall–Kier alpha value is -0.980. The van der Waals surface area contributed by atoms with Crippen molar-refractivity contribution in [3.63, 3.8) is 0 Å². The maximum atomic E-state index is 4.88. The summed E-state index contributed by atoms with van der Waals surface area (Å²) in [6.07, 6.45) is 5.48. The third-order valence-corrected chi connectivity index (χ3v) is 2.87. The molecule has 1 fully saturated rings. The summed E-state index contributed by atoms with van der Waals surface area (Å²) in [5.74, 6) is 1.64. The highest BCUT2D eigenvalue weighted by molar-refractivity contribution is 5.29. The van der Waals surface area contributed by atoms with Crippen LogP contribution in [0.3, 0.4) is 0 Å². The van der Waals surface area contributed by atoms with Gasteiger partial charge in [-0.3, -0.25) is 0 Å². The highest BCUT2D eigenvalue weighted by Crippen LogP contribution is 2.34. The van der Waals surface area contributed by atoms with E-state index >= 15 is 0 Å². The second-order valence-electron chi connectivity index (χ2n) is 3.69. The summed E-state index contributed by atoms with van der Waals surface area (Å²) in [6.45, 7) is 0. The Labute approximate surface area is 79.7 Å². The highest BCUT2D eigenvalue weighted by Gasteiger charge is 2.16. The summed E-state index contributed by atoms with van der Waals surface area (Å²) in [5, 5.41) is 0. The average Bonchev–Trinajstić information content (AvgIpc) is 2.71. The van der Waals surface area contributed by atoms with Crippen molar-refractivity contribution in [2.24, 2.45) is 0 Å². The molecule has 2 rings (SSSR count). The molecule has 69 valence electrons. The van der Waals surface area contributed by atoms with E-state index in [4.69, 9.17) is 4.74 Å². The van der Waals surface area contributed by atoms with Crippen LogP contribution in [0.5, 0.6) is 5.75 Å². The fourth-order valence-corrected chi connectivity index (χ4v) is 2.10. The summed E-state index contributed by atoms with van der Waals surface area (Å²) >= 11 is 0. The van der Waals surface area contributed by atoms with Gasteiger partial charge in [0.15, 0.2) is 0 Å². The van der Waals surface area contributed by atoms with E-state index in [0.717, 1.165) is 11.7 Å². The molecule has 1 aliphatic carbocycles. The number of ether oxygens (including phenoxy) is 1. The quantitative estimate of drug-likeness (QED) is 0.668. The van der Waals surface area contributed by atoms with Crippen LogP contribution in [0.1, 0.15) is 37.2 Å². The third kappa shape index (κ3) is 1.85. The summed E-state index contributed by atoms with van der Waals surface area (Å²) in [4.78, 5) is 0. The molecular formula is C12H15O. The summed E-state index contributed by atoms with van der Waals surface area (Å²) < 4.78 is 4.88. The van der Waals surface area contributed by atoms with Crippen LogP contribution in [0.4, 0.5) is 0 Å². The Morgan fingerprint density at radius 3 is 2.23 bits per heavy atom. The van der Waals surface area contributed by atoms with Crippen molar-refractivity contribution in [1.82, 2.24) is 0 Å². The van der Waals surface area contributed by atoms with Crippen molar-refractivity contribution >= 4 is 0 Å². The molecule has 0 spiro atoms. The van der Waals surface area contributed by atoms with Crippen molar-refractivity contribution in [2.45, 2.75) is 31.6 Å². The van der Waals surface area contributed by atoms with E-state index in [9.17, 15) is 0 Å². The van der Waals surface area contributed by atoms with E-state index in [2.05, 4.69) is 19.2 Å². The molecule has 1 radical (unpaired) electrons. The predicted octanol–water partition coefficient (Wildman–Crippen LogP) is 3.51. The largest absolute Gasteiger partial charge is 0.490 e. The molecule has 0 aromatic heterocycles. The maximum absolute atomic E-state index is 4.88. The smallest absolute Gasteiger partial charge is 0.122 e. The molecule has 0 N–H and O–H groups in total. The lowest BCUT2D eigenvalue weighted by Gasteiger charge is -2.09. The number of benzene rings is 1. The van der Waals surface area contributed by atoms with Gasteiger partial charge in [0.25, 0.3) is 0 Å². The van der Waals surface area contributed by atoms with E-state index in [1.165, 1.54) is 31.2 Å². The highest BCUT2D eigenvalue weighted by atomic mass is 16.5. The SMILES string of the molecule is [CH2]Oc1ccc(C2CCCC2)cc1. The van der Waals surface area contributed by atoms with Crippen LogP contribution in [0.25, 0.3) is 0 Å². The van der Waals surface area contributed by atoms with Gasteiger partial charge in [-0.2, -0.15) is 0 Å². The minimum Gasteiger partial charge on any atom is -0.490 e. The summed E-state index contributed by atoms with van der Waals surface area (Å²) in [7, 11) is 3.38. The molecule has 0 atom stereocenters. The van der Waals surface area contributed by atoms with Gasteiger partial charge in [-0.25, -0.2) is 0 Å². The van der Waals surface area contributed by atoms with Crippen molar-refractivity contribution in [3.05, 3.63) is 36.9 Å². The molecule has 13 heavy (non-hydrogen) atoms. The monoisotopic (exact) mass is 175 g/mol. The van der Waals surface area contributed by atoms with E-state index < -0.39 is 0 Å². The van der Waals surface area contributed by atoms with Crippen LogP contribution < -0.4 is 4.74 Å².